The van der Waals surface area contributed by atoms with Gasteiger partial charge in [-0.15, -0.1) is 11.3 Å². The van der Waals surface area contributed by atoms with Crippen LogP contribution in [0.4, 0.5) is 0 Å². The van der Waals surface area contributed by atoms with Crippen molar-refractivity contribution in [2.75, 3.05) is 0 Å². The molecule has 0 saturated carbocycles. The molecule has 3 nitrogen and oxygen atoms in total. The Morgan fingerprint density at radius 2 is 2.20 bits per heavy atom. The van der Waals surface area contributed by atoms with Crippen molar-refractivity contribution in [1.82, 2.24) is 15.2 Å². The van der Waals surface area contributed by atoms with E-state index in [0.717, 1.165) is 25.8 Å². The summed E-state index contributed by atoms with van der Waals surface area (Å²) in [5, 5.41) is 6.88. The lowest BCUT2D eigenvalue weighted by molar-refractivity contribution is 1.12. The van der Waals surface area contributed by atoms with E-state index in [4.69, 9.17) is 11.6 Å². The van der Waals surface area contributed by atoms with Gasteiger partial charge in [0.05, 0.1) is 4.34 Å². The van der Waals surface area contributed by atoms with Gasteiger partial charge in [-0.2, -0.15) is 5.10 Å². The van der Waals surface area contributed by atoms with E-state index in [9.17, 15) is 0 Å². The van der Waals surface area contributed by atoms with Crippen LogP contribution in [0.1, 0.15) is 0 Å². The third kappa shape index (κ3) is 1.52. The summed E-state index contributed by atoms with van der Waals surface area (Å²) in [5.74, 6) is 0. The van der Waals surface area contributed by atoms with E-state index >= 15 is 0 Å². The van der Waals surface area contributed by atoms with Gasteiger partial charge in [0.2, 0.25) is 0 Å². The molecule has 3 aromatic rings. The molecule has 0 aromatic carbocycles. The molecular formula is C10H6ClN3S. The van der Waals surface area contributed by atoms with Crippen LogP contribution in [0.3, 0.4) is 0 Å². The molecule has 0 atom stereocenters. The van der Waals surface area contributed by atoms with Crippen LogP contribution < -0.4 is 0 Å². The molecule has 3 heterocycles. The van der Waals surface area contributed by atoms with E-state index in [0.29, 0.717) is 0 Å². The van der Waals surface area contributed by atoms with E-state index in [1.54, 1.807) is 6.20 Å². The number of thiophene rings is 1. The normalized spacial score (nSPS) is 11.0. The minimum Gasteiger partial charge on any atom is -0.283 e. The third-order valence-electron chi connectivity index (χ3n) is 2.14. The molecule has 1 N–H and O–H groups in total. The highest BCUT2D eigenvalue weighted by atomic mass is 35.5. The lowest BCUT2D eigenvalue weighted by Crippen LogP contribution is -1.77. The van der Waals surface area contributed by atoms with E-state index in [2.05, 4.69) is 15.2 Å². The van der Waals surface area contributed by atoms with Gasteiger partial charge >= 0.3 is 0 Å². The second-order valence-electron chi connectivity index (χ2n) is 3.12. The molecule has 0 aliphatic heterocycles. The Bertz CT molecular complexity index is 614. The highest BCUT2D eigenvalue weighted by Crippen LogP contribution is 2.31. The predicted octanol–water partition coefficient (Wildman–Crippen LogP) is 3.34. The Labute approximate surface area is 94.7 Å². The first-order chi connectivity index (χ1) is 7.33. The number of aromatic nitrogens is 3. The maximum absolute atomic E-state index is 5.88. The van der Waals surface area contributed by atoms with E-state index in [1.807, 2.05) is 24.4 Å². The Kier molecular flexibility index (Phi) is 1.97. The second kappa shape index (κ2) is 3.32. The standard InChI is InChI=1S/C10H6ClN3S/c11-10-2-1-9(15-10)6-3-7-8(12-4-6)5-13-14-7/h1-5H,(H,13,14). The smallest absolute Gasteiger partial charge is 0.111 e. The largest absolute Gasteiger partial charge is 0.283 e. The highest BCUT2D eigenvalue weighted by Gasteiger charge is 2.04. The molecular weight excluding hydrogens is 230 g/mol. The van der Waals surface area contributed by atoms with Crippen LogP contribution >= 0.6 is 22.9 Å². The van der Waals surface area contributed by atoms with Gasteiger partial charge in [-0.25, -0.2) is 0 Å². The molecule has 15 heavy (non-hydrogen) atoms. The van der Waals surface area contributed by atoms with Crippen LogP contribution in [0.2, 0.25) is 4.34 Å². The maximum atomic E-state index is 5.88. The van der Waals surface area contributed by atoms with E-state index in [-0.39, 0.29) is 0 Å². The van der Waals surface area contributed by atoms with Gasteiger partial charge in [0.1, 0.15) is 11.0 Å². The summed E-state index contributed by atoms with van der Waals surface area (Å²) in [6.07, 6.45) is 3.61. The summed E-state index contributed by atoms with van der Waals surface area (Å²) >= 11 is 7.42. The fraction of sp³-hybridized carbons (Fsp3) is 0. The molecule has 3 rings (SSSR count). The molecule has 0 aliphatic rings. The zero-order valence-corrected chi connectivity index (χ0v) is 9.14. The zero-order valence-electron chi connectivity index (χ0n) is 7.57. The van der Waals surface area contributed by atoms with Crippen molar-refractivity contribution in [2.24, 2.45) is 0 Å². The summed E-state index contributed by atoms with van der Waals surface area (Å²) in [6, 6.07) is 5.87. The van der Waals surface area contributed by atoms with E-state index < -0.39 is 0 Å². The summed E-state index contributed by atoms with van der Waals surface area (Å²) in [5.41, 5.74) is 2.80. The number of pyridine rings is 1. The average molecular weight is 236 g/mol. The number of hydrogen-bond acceptors (Lipinski definition) is 3. The molecule has 0 aliphatic carbocycles. The SMILES string of the molecule is Clc1ccc(-c2cnc3c[nH]nc3c2)s1. The third-order valence-corrected chi connectivity index (χ3v) is 3.42. The average Bonchev–Trinajstić information content (AvgIpc) is 2.84. The van der Waals surface area contributed by atoms with Crippen molar-refractivity contribution in [3.8, 4) is 10.4 Å². The Morgan fingerprint density at radius 3 is 3.00 bits per heavy atom. The Hall–Kier alpha value is -1.39. The molecule has 0 fully saturated rings. The van der Waals surface area contributed by atoms with Gasteiger partial charge < -0.3 is 0 Å². The quantitative estimate of drug-likeness (QED) is 0.703. The molecule has 0 saturated heterocycles. The first kappa shape index (κ1) is 8.88. The number of rotatable bonds is 1. The monoisotopic (exact) mass is 235 g/mol. The van der Waals surface area contributed by atoms with E-state index in [1.165, 1.54) is 11.3 Å². The van der Waals surface area contributed by atoms with Crippen LogP contribution in [0.5, 0.6) is 0 Å². The van der Waals surface area contributed by atoms with Gasteiger partial charge in [-0.05, 0) is 18.2 Å². The molecule has 0 amide bonds. The van der Waals surface area contributed by atoms with Crippen molar-refractivity contribution >= 4 is 34.0 Å². The van der Waals surface area contributed by atoms with Crippen molar-refractivity contribution in [3.63, 3.8) is 0 Å². The number of halogens is 1. The number of aromatic amines is 1. The Morgan fingerprint density at radius 1 is 1.27 bits per heavy atom. The maximum Gasteiger partial charge on any atom is 0.111 e. The molecule has 0 radical (unpaired) electrons. The topological polar surface area (TPSA) is 41.6 Å². The van der Waals surface area contributed by atoms with Crippen LogP contribution in [0, 0.1) is 0 Å². The van der Waals surface area contributed by atoms with Gasteiger partial charge in [-0.1, -0.05) is 11.6 Å². The molecule has 5 heteroatoms. The molecule has 3 aromatic heterocycles. The van der Waals surface area contributed by atoms with Gasteiger partial charge in [0, 0.05) is 22.8 Å². The number of H-pyrrole nitrogens is 1. The van der Waals surface area contributed by atoms with Crippen LogP contribution in [0.25, 0.3) is 21.5 Å². The second-order valence-corrected chi connectivity index (χ2v) is 4.83. The molecule has 74 valence electrons. The summed E-state index contributed by atoms with van der Waals surface area (Å²) in [4.78, 5) is 5.41. The first-order valence-corrected chi connectivity index (χ1v) is 5.57. The molecule has 0 bridgehead atoms. The van der Waals surface area contributed by atoms with Gasteiger partial charge in [0.15, 0.2) is 0 Å². The first-order valence-electron chi connectivity index (χ1n) is 4.38. The lowest BCUT2D eigenvalue weighted by atomic mass is 10.2. The van der Waals surface area contributed by atoms with Crippen LogP contribution in [0.15, 0.2) is 30.6 Å². The predicted molar refractivity (Wildman–Crippen MR) is 62.2 cm³/mol. The number of nitrogens with zero attached hydrogens (tertiary/aromatic N) is 2. The number of nitrogens with one attached hydrogen (secondary N) is 1. The minimum absolute atomic E-state index is 0.784. The molecule has 0 unspecified atom stereocenters. The highest BCUT2D eigenvalue weighted by molar-refractivity contribution is 7.19. The number of fused-ring (bicyclic) bond motifs is 1. The minimum atomic E-state index is 0.784. The van der Waals surface area contributed by atoms with Crippen LogP contribution in [-0.2, 0) is 0 Å². The molecule has 0 spiro atoms. The lowest BCUT2D eigenvalue weighted by Gasteiger charge is -1.95. The Balaban J connectivity index is 2.18. The van der Waals surface area contributed by atoms with Crippen LogP contribution in [-0.4, -0.2) is 15.2 Å². The number of hydrogen-bond donors (Lipinski definition) is 1. The zero-order chi connectivity index (χ0) is 10.3. The van der Waals surface area contributed by atoms with Gasteiger partial charge in [0.25, 0.3) is 0 Å². The van der Waals surface area contributed by atoms with Crippen molar-refractivity contribution in [1.29, 1.82) is 0 Å². The fourth-order valence-electron chi connectivity index (χ4n) is 1.43. The van der Waals surface area contributed by atoms with Crippen molar-refractivity contribution in [3.05, 3.63) is 34.9 Å². The van der Waals surface area contributed by atoms with Crippen molar-refractivity contribution in [2.45, 2.75) is 0 Å². The summed E-state index contributed by atoms with van der Waals surface area (Å²) in [6.45, 7) is 0. The van der Waals surface area contributed by atoms with Gasteiger partial charge in [-0.3, -0.25) is 10.1 Å². The van der Waals surface area contributed by atoms with Crippen molar-refractivity contribution < 1.29 is 0 Å². The summed E-state index contributed by atoms with van der Waals surface area (Å²) in [7, 11) is 0. The fourth-order valence-corrected chi connectivity index (χ4v) is 2.46. The summed E-state index contributed by atoms with van der Waals surface area (Å²) < 4.78 is 0.784.